The van der Waals surface area contributed by atoms with Crippen LogP contribution in [0.3, 0.4) is 0 Å². The van der Waals surface area contributed by atoms with E-state index in [2.05, 4.69) is 133 Å². The van der Waals surface area contributed by atoms with E-state index >= 15 is 0 Å². The van der Waals surface area contributed by atoms with Gasteiger partial charge in [0, 0.05) is 0 Å². The quantitative estimate of drug-likeness (QED) is 0.204. The fourth-order valence-electron chi connectivity index (χ4n) is 12.0. The summed E-state index contributed by atoms with van der Waals surface area (Å²) in [4.78, 5) is 13.0. The van der Waals surface area contributed by atoms with E-state index in [4.69, 9.17) is 0 Å². The maximum atomic E-state index is 13.0. The van der Waals surface area contributed by atoms with E-state index in [9.17, 15) is 9.90 Å². The second-order valence-corrected chi connectivity index (χ2v) is 15.1. The van der Waals surface area contributed by atoms with Crippen molar-refractivity contribution in [3.05, 3.63) is 190 Å². The van der Waals surface area contributed by atoms with E-state index in [-0.39, 0.29) is 41.4 Å². The lowest BCUT2D eigenvalue weighted by Crippen LogP contribution is -2.22. The lowest BCUT2D eigenvalue weighted by molar-refractivity contribution is 0.0699. The van der Waals surface area contributed by atoms with Gasteiger partial charge < -0.3 is 5.11 Å². The Morgan fingerprint density at radius 3 is 0.800 bits per heavy atom. The van der Waals surface area contributed by atoms with Gasteiger partial charge in [-0.2, -0.15) is 0 Å². The van der Waals surface area contributed by atoms with Gasteiger partial charge in [-0.25, -0.2) is 4.79 Å². The molecule has 8 aromatic rings. The molecule has 6 unspecified atom stereocenters. The average molecular weight is 641 g/mol. The third kappa shape index (κ3) is 3.19. The Balaban J connectivity index is 1.28. The maximum absolute atomic E-state index is 13.0. The van der Waals surface area contributed by atoms with Crippen molar-refractivity contribution in [3.8, 4) is 0 Å². The number of carboxylic acids is 1. The number of aromatic carboxylic acids is 1. The minimum absolute atomic E-state index is 0.0437. The predicted octanol–water partition coefficient (Wildman–Crippen LogP) is 11.7. The third-order valence-corrected chi connectivity index (χ3v) is 13.3. The van der Waals surface area contributed by atoms with Crippen LogP contribution in [-0.2, 0) is 0 Å². The van der Waals surface area contributed by atoms with Gasteiger partial charge in [0.25, 0.3) is 0 Å². The summed E-state index contributed by atoms with van der Waals surface area (Å²) in [6.45, 7) is 0. The first-order valence-corrected chi connectivity index (χ1v) is 18.0. The highest BCUT2D eigenvalue weighted by atomic mass is 16.4. The molecule has 0 heterocycles. The second kappa shape index (κ2) is 9.49. The molecular weight excluding hydrogens is 609 g/mol. The fraction of sp³-hybridized carbons (Fsp3) is 0.146. The Bertz CT molecular complexity index is 2650. The van der Waals surface area contributed by atoms with Crippen LogP contribution in [0.5, 0.6) is 0 Å². The van der Waals surface area contributed by atoms with Crippen LogP contribution in [-0.4, -0.2) is 11.1 Å². The van der Waals surface area contributed by atoms with Crippen LogP contribution in [0, 0.1) is 0 Å². The van der Waals surface area contributed by atoms with Gasteiger partial charge in [-0.05, 0) is 130 Å². The van der Waals surface area contributed by atoms with Crippen molar-refractivity contribution >= 4 is 49.1 Å². The van der Waals surface area contributed by atoms with Gasteiger partial charge in [-0.3, -0.25) is 0 Å². The van der Waals surface area contributed by atoms with E-state index < -0.39 is 5.97 Å². The number of carboxylic acid groups (broad SMARTS) is 1. The third-order valence-electron chi connectivity index (χ3n) is 13.3. The summed E-state index contributed by atoms with van der Waals surface area (Å²) < 4.78 is 0. The number of benzene rings is 8. The molecule has 2 heteroatoms. The number of carbonyl (C=O) groups is 1. The Morgan fingerprint density at radius 2 is 0.540 bits per heavy atom. The van der Waals surface area contributed by atoms with Crippen molar-refractivity contribution in [2.75, 3.05) is 0 Å². The van der Waals surface area contributed by atoms with Gasteiger partial charge in [0.1, 0.15) is 0 Å². The molecule has 0 spiro atoms. The number of fused-ring (bicyclic) bond motifs is 12. The summed E-state index contributed by atoms with van der Waals surface area (Å²) in [7, 11) is 0. The summed E-state index contributed by atoms with van der Waals surface area (Å²) in [6.07, 6.45) is 0. The minimum atomic E-state index is -0.865. The van der Waals surface area contributed by atoms with Gasteiger partial charge in [0.05, 0.1) is 5.56 Å². The first kappa shape index (κ1) is 27.1. The molecule has 50 heavy (non-hydrogen) atoms. The fourth-order valence-corrected chi connectivity index (χ4v) is 12.0. The standard InChI is InChI=1S/C48H32O2/c49-48(50)36-24-8-16-28-15-7-23-35(40(28)36)47-45-33-21-5-13-26-11-3-19-31(38(26)33)43(45)41-29-17-1-9-25-10-2-18-30(37(25)29)42(41)44-32-20-4-12-27-14-6-22-34(39(27)32)46(44)47/h1-24,41-47H,(H,49,50). The molecule has 236 valence electrons. The SMILES string of the molecule is O=C(O)c1cccc2cccc(C3C4c5cccc6cccc(c56)C4C4c5cccc6cccc(c56)C4C4c5cccc6cccc(c56)C34)c12. The lowest BCUT2D eigenvalue weighted by atomic mass is 9.66. The van der Waals surface area contributed by atoms with Crippen LogP contribution in [0.15, 0.2) is 146 Å². The molecule has 0 amide bonds. The summed E-state index contributed by atoms with van der Waals surface area (Å²) in [5.74, 6) is 0.491. The minimum Gasteiger partial charge on any atom is -0.478 e. The zero-order valence-electron chi connectivity index (χ0n) is 27.3. The van der Waals surface area contributed by atoms with Crippen molar-refractivity contribution in [1.82, 2.24) is 0 Å². The molecule has 6 atom stereocenters. The van der Waals surface area contributed by atoms with Crippen LogP contribution in [0.2, 0.25) is 0 Å². The van der Waals surface area contributed by atoms with Gasteiger partial charge in [-0.1, -0.05) is 140 Å². The van der Waals surface area contributed by atoms with Gasteiger partial charge in [0.15, 0.2) is 0 Å². The highest BCUT2D eigenvalue weighted by Gasteiger charge is 2.60. The van der Waals surface area contributed by atoms with E-state index in [1.54, 1.807) is 6.07 Å². The maximum Gasteiger partial charge on any atom is 0.336 e. The topological polar surface area (TPSA) is 37.3 Å². The normalized spacial score (nSPS) is 25.2. The lowest BCUT2D eigenvalue weighted by Gasteiger charge is -2.36. The highest BCUT2D eigenvalue weighted by Crippen LogP contribution is 2.75. The Kier molecular flexibility index (Phi) is 5.15. The van der Waals surface area contributed by atoms with Crippen LogP contribution >= 0.6 is 0 Å². The molecular formula is C48H32O2. The zero-order valence-corrected chi connectivity index (χ0v) is 27.3. The zero-order chi connectivity index (χ0) is 32.8. The van der Waals surface area contributed by atoms with Crippen LogP contribution in [0.1, 0.15) is 90.7 Å². The molecule has 1 fully saturated rings. The predicted molar refractivity (Wildman–Crippen MR) is 202 cm³/mol. The van der Waals surface area contributed by atoms with Crippen molar-refractivity contribution in [1.29, 1.82) is 0 Å². The van der Waals surface area contributed by atoms with Crippen LogP contribution in [0.25, 0.3) is 43.1 Å². The largest absolute Gasteiger partial charge is 0.478 e. The molecule has 1 saturated carbocycles. The molecule has 0 saturated heterocycles. The Morgan fingerprint density at radius 1 is 0.320 bits per heavy atom. The first-order chi connectivity index (χ1) is 24.7. The van der Waals surface area contributed by atoms with E-state index in [0.717, 1.165) is 10.8 Å². The summed E-state index contributed by atoms with van der Waals surface area (Å²) in [5, 5.41) is 20.8. The Hall–Kier alpha value is -5.73. The number of hydrogen-bond acceptors (Lipinski definition) is 1. The van der Waals surface area contributed by atoms with E-state index in [1.165, 1.54) is 71.3 Å². The van der Waals surface area contributed by atoms with Gasteiger partial charge in [-0.15, -0.1) is 0 Å². The molecule has 0 bridgehead atoms. The molecule has 0 aliphatic heterocycles. The number of hydrogen-bond donors (Lipinski definition) is 1. The molecule has 4 aliphatic rings. The smallest absolute Gasteiger partial charge is 0.336 e. The monoisotopic (exact) mass is 640 g/mol. The molecule has 1 N–H and O–H groups in total. The summed E-state index contributed by atoms with van der Waals surface area (Å²) in [5.41, 5.74) is 10.3. The second-order valence-electron chi connectivity index (χ2n) is 15.1. The average Bonchev–Trinajstić information content (AvgIpc) is 3.74. The van der Waals surface area contributed by atoms with Crippen molar-refractivity contribution in [3.63, 3.8) is 0 Å². The van der Waals surface area contributed by atoms with E-state index in [0.29, 0.717) is 5.56 Å². The van der Waals surface area contributed by atoms with Crippen molar-refractivity contribution < 1.29 is 9.90 Å². The molecule has 0 radical (unpaired) electrons. The van der Waals surface area contributed by atoms with Crippen molar-refractivity contribution in [2.24, 2.45) is 0 Å². The summed E-state index contributed by atoms with van der Waals surface area (Å²) >= 11 is 0. The van der Waals surface area contributed by atoms with Gasteiger partial charge >= 0.3 is 5.97 Å². The molecule has 12 rings (SSSR count). The first-order valence-electron chi connectivity index (χ1n) is 18.0. The highest BCUT2D eigenvalue weighted by molar-refractivity contribution is 6.06. The molecule has 4 aliphatic carbocycles. The molecule has 2 nitrogen and oxygen atoms in total. The Labute approximate surface area is 289 Å². The molecule has 0 aromatic heterocycles. The van der Waals surface area contributed by atoms with Crippen molar-refractivity contribution in [2.45, 2.75) is 41.4 Å². The van der Waals surface area contributed by atoms with Crippen LogP contribution in [0.4, 0.5) is 0 Å². The summed E-state index contributed by atoms with van der Waals surface area (Å²) in [6, 6.07) is 54.1. The van der Waals surface area contributed by atoms with Gasteiger partial charge in [0.2, 0.25) is 0 Å². The van der Waals surface area contributed by atoms with E-state index in [1.807, 2.05) is 6.07 Å². The van der Waals surface area contributed by atoms with Crippen LogP contribution < -0.4 is 0 Å². The molecule has 8 aromatic carbocycles. The number of rotatable bonds is 2.